The number of aromatic nitrogens is 3. The van der Waals surface area contributed by atoms with Gasteiger partial charge in [0.1, 0.15) is 11.6 Å². The van der Waals surface area contributed by atoms with E-state index in [0.717, 1.165) is 58.5 Å². The molecule has 0 aliphatic carbocycles. The van der Waals surface area contributed by atoms with Gasteiger partial charge in [-0.05, 0) is 64.5 Å². The summed E-state index contributed by atoms with van der Waals surface area (Å²) >= 11 is 5.00. The van der Waals surface area contributed by atoms with Crippen LogP contribution in [-0.4, -0.2) is 33.9 Å². The first-order chi connectivity index (χ1) is 15.2. The summed E-state index contributed by atoms with van der Waals surface area (Å²) in [5.41, 5.74) is 1.98. The topological polar surface area (TPSA) is 71.0 Å². The molecule has 3 aromatic heterocycles. The summed E-state index contributed by atoms with van der Waals surface area (Å²) < 4.78 is 0.887. The maximum atomic E-state index is 12.7. The van der Waals surface area contributed by atoms with Gasteiger partial charge in [0.25, 0.3) is 0 Å². The SMILES string of the molecule is O=C(Nc1ccc(Br)cn1)C1CCN(c2nc(-c3ccsc3)nc3ccccc23)CC1. The van der Waals surface area contributed by atoms with Gasteiger partial charge in [-0.15, -0.1) is 0 Å². The zero-order valence-corrected chi connectivity index (χ0v) is 19.1. The lowest BCUT2D eigenvalue weighted by Gasteiger charge is -2.32. The Morgan fingerprint density at radius 2 is 1.94 bits per heavy atom. The molecule has 1 aliphatic heterocycles. The number of carbonyl (C=O) groups is 1. The molecule has 4 heterocycles. The summed E-state index contributed by atoms with van der Waals surface area (Å²) in [6.07, 6.45) is 3.23. The Labute approximate surface area is 192 Å². The van der Waals surface area contributed by atoms with E-state index in [2.05, 4.69) is 42.6 Å². The van der Waals surface area contributed by atoms with Crippen LogP contribution in [0.15, 0.2) is 63.9 Å². The number of nitrogens with zero attached hydrogens (tertiary/aromatic N) is 4. The highest BCUT2D eigenvalue weighted by atomic mass is 79.9. The predicted octanol–water partition coefficient (Wildman–Crippen LogP) is 5.37. The van der Waals surface area contributed by atoms with Crippen molar-refractivity contribution in [2.45, 2.75) is 12.8 Å². The fourth-order valence-electron chi connectivity index (χ4n) is 3.85. The van der Waals surface area contributed by atoms with Crippen molar-refractivity contribution in [2.75, 3.05) is 23.3 Å². The Hall–Kier alpha value is -2.84. The van der Waals surface area contributed by atoms with Gasteiger partial charge < -0.3 is 10.2 Å². The number of rotatable bonds is 4. The van der Waals surface area contributed by atoms with Crippen molar-refractivity contribution in [3.8, 4) is 11.4 Å². The highest BCUT2D eigenvalue weighted by molar-refractivity contribution is 9.10. The van der Waals surface area contributed by atoms with E-state index in [4.69, 9.17) is 9.97 Å². The Morgan fingerprint density at radius 1 is 1.10 bits per heavy atom. The van der Waals surface area contributed by atoms with Crippen LogP contribution in [-0.2, 0) is 4.79 Å². The summed E-state index contributed by atoms with van der Waals surface area (Å²) in [5, 5.41) is 8.09. The van der Waals surface area contributed by atoms with Gasteiger partial charge in [0.05, 0.1) is 5.52 Å². The monoisotopic (exact) mass is 493 g/mol. The van der Waals surface area contributed by atoms with Gasteiger partial charge in [0.15, 0.2) is 5.82 Å². The van der Waals surface area contributed by atoms with Gasteiger partial charge in [-0.25, -0.2) is 15.0 Å². The number of fused-ring (bicyclic) bond motifs is 1. The van der Waals surface area contributed by atoms with Gasteiger partial charge >= 0.3 is 0 Å². The molecule has 1 saturated heterocycles. The molecule has 6 nitrogen and oxygen atoms in total. The lowest BCUT2D eigenvalue weighted by molar-refractivity contribution is -0.120. The highest BCUT2D eigenvalue weighted by Gasteiger charge is 2.27. The van der Waals surface area contributed by atoms with Crippen molar-refractivity contribution < 1.29 is 4.79 Å². The largest absolute Gasteiger partial charge is 0.356 e. The first kappa shape index (κ1) is 20.1. The van der Waals surface area contributed by atoms with E-state index in [1.807, 2.05) is 35.7 Å². The predicted molar refractivity (Wildman–Crippen MR) is 128 cm³/mol. The second-order valence-electron chi connectivity index (χ2n) is 7.51. The van der Waals surface area contributed by atoms with Gasteiger partial charge in [-0.2, -0.15) is 11.3 Å². The van der Waals surface area contributed by atoms with Crippen LogP contribution in [0, 0.1) is 5.92 Å². The van der Waals surface area contributed by atoms with Crippen molar-refractivity contribution in [2.24, 2.45) is 5.92 Å². The number of amides is 1. The van der Waals surface area contributed by atoms with Crippen molar-refractivity contribution >= 4 is 55.7 Å². The summed E-state index contributed by atoms with van der Waals surface area (Å²) in [5.74, 6) is 2.27. The molecule has 0 saturated carbocycles. The molecule has 31 heavy (non-hydrogen) atoms. The van der Waals surface area contributed by atoms with Crippen LogP contribution < -0.4 is 10.2 Å². The van der Waals surface area contributed by atoms with Crippen molar-refractivity contribution in [3.05, 3.63) is 63.9 Å². The number of benzene rings is 1. The molecule has 1 fully saturated rings. The molecule has 1 aromatic carbocycles. The van der Waals surface area contributed by atoms with E-state index >= 15 is 0 Å². The number of pyridine rings is 1. The third kappa shape index (κ3) is 4.31. The van der Waals surface area contributed by atoms with Crippen LogP contribution in [0.4, 0.5) is 11.6 Å². The molecule has 0 unspecified atom stereocenters. The van der Waals surface area contributed by atoms with E-state index in [1.165, 1.54) is 0 Å². The molecule has 5 rings (SSSR count). The van der Waals surface area contributed by atoms with E-state index < -0.39 is 0 Å². The van der Waals surface area contributed by atoms with E-state index in [0.29, 0.717) is 5.82 Å². The van der Waals surface area contributed by atoms with Gasteiger partial charge in [0.2, 0.25) is 5.91 Å². The number of para-hydroxylation sites is 1. The average molecular weight is 494 g/mol. The standard InChI is InChI=1S/C23H20BrN5OS/c24-17-5-6-20(25-13-17)27-23(30)15-7-10-29(11-8-15)22-18-3-1-2-4-19(18)26-21(28-22)16-9-12-31-14-16/h1-6,9,12-15H,7-8,10-11H2,(H,25,27,30). The van der Waals surface area contributed by atoms with Crippen LogP contribution in [0.1, 0.15) is 12.8 Å². The maximum Gasteiger partial charge on any atom is 0.228 e. The van der Waals surface area contributed by atoms with Crippen molar-refractivity contribution in [3.63, 3.8) is 0 Å². The third-order valence-corrected chi connectivity index (χ3v) is 6.66. The summed E-state index contributed by atoms with van der Waals surface area (Å²) in [6.45, 7) is 1.55. The molecular weight excluding hydrogens is 474 g/mol. The zero-order chi connectivity index (χ0) is 21.2. The molecule has 4 aromatic rings. The number of hydrogen-bond acceptors (Lipinski definition) is 6. The first-order valence-corrected chi connectivity index (χ1v) is 11.9. The Balaban J connectivity index is 1.34. The summed E-state index contributed by atoms with van der Waals surface area (Å²) in [4.78, 5) is 28.9. The lowest BCUT2D eigenvalue weighted by atomic mass is 9.95. The smallest absolute Gasteiger partial charge is 0.228 e. The average Bonchev–Trinajstić information content (AvgIpc) is 3.35. The molecular formula is C23H20BrN5OS. The second-order valence-corrected chi connectivity index (χ2v) is 9.21. The minimum absolute atomic E-state index is 0.0287. The molecule has 0 atom stereocenters. The van der Waals surface area contributed by atoms with E-state index in [1.54, 1.807) is 23.6 Å². The van der Waals surface area contributed by atoms with Gasteiger partial charge in [0, 0.05) is 46.0 Å². The molecule has 0 radical (unpaired) electrons. The highest BCUT2D eigenvalue weighted by Crippen LogP contribution is 2.31. The summed E-state index contributed by atoms with van der Waals surface area (Å²) in [6, 6.07) is 13.8. The van der Waals surface area contributed by atoms with Crippen molar-refractivity contribution in [1.82, 2.24) is 15.0 Å². The molecule has 1 aliphatic rings. The van der Waals surface area contributed by atoms with Crippen molar-refractivity contribution in [1.29, 1.82) is 0 Å². The second kappa shape index (κ2) is 8.72. The number of piperidine rings is 1. The van der Waals surface area contributed by atoms with Crippen LogP contribution >= 0.6 is 27.3 Å². The van der Waals surface area contributed by atoms with E-state index in [-0.39, 0.29) is 11.8 Å². The number of carbonyl (C=O) groups excluding carboxylic acids is 1. The lowest BCUT2D eigenvalue weighted by Crippen LogP contribution is -2.38. The molecule has 8 heteroatoms. The van der Waals surface area contributed by atoms with Gasteiger partial charge in [-0.1, -0.05) is 12.1 Å². The Kier molecular flexibility index (Phi) is 5.65. The number of anilines is 2. The number of halogens is 1. The molecule has 1 N–H and O–H groups in total. The fourth-order valence-corrected chi connectivity index (χ4v) is 4.72. The van der Waals surface area contributed by atoms with Crippen LogP contribution in [0.25, 0.3) is 22.3 Å². The third-order valence-electron chi connectivity index (χ3n) is 5.51. The van der Waals surface area contributed by atoms with Crippen LogP contribution in [0.3, 0.4) is 0 Å². The van der Waals surface area contributed by atoms with E-state index in [9.17, 15) is 4.79 Å². The number of nitrogens with one attached hydrogen (secondary N) is 1. The first-order valence-electron chi connectivity index (χ1n) is 10.1. The minimum Gasteiger partial charge on any atom is -0.356 e. The van der Waals surface area contributed by atoms with Gasteiger partial charge in [-0.3, -0.25) is 4.79 Å². The number of thiophene rings is 1. The minimum atomic E-state index is -0.0360. The number of hydrogen-bond donors (Lipinski definition) is 1. The fraction of sp³-hybridized carbons (Fsp3) is 0.217. The summed E-state index contributed by atoms with van der Waals surface area (Å²) in [7, 11) is 0. The zero-order valence-electron chi connectivity index (χ0n) is 16.7. The Bertz CT molecular complexity index is 1200. The normalized spacial score (nSPS) is 14.7. The molecule has 0 spiro atoms. The van der Waals surface area contributed by atoms with Crippen LogP contribution in [0.5, 0.6) is 0 Å². The molecule has 156 valence electrons. The molecule has 1 amide bonds. The Morgan fingerprint density at radius 3 is 2.68 bits per heavy atom. The quantitative estimate of drug-likeness (QED) is 0.413. The van der Waals surface area contributed by atoms with Crippen LogP contribution in [0.2, 0.25) is 0 Å². The maximum absolute atomic E-state index is 12.7. The molecule has 0 bridgehead atoms.